The third-order valence-electron chi connectivity index (χ3n) is 2.44. The lowest BCUT2D eigenvalue weighted by Gasteiger charge is -2.06. The molecule has 0 atom stereocenters. The van der Waals surface area contributed by atoms with E-state index in [-0.39, 0.29) is 5.69 Å². The summed E-state index contributed by atoms with van der Waals surface area (Å²) in [7, 11) is 1.80. The molecule has 0 aliphatic carbocycles. The van der Waals surface area contributed by atoms with E-state index in [9.17, 15) is 10.1 Å². The fourth-order valence-electron chi connectivity index (χ4n) is 1.63. The Balaban J connectivity index is 2.42. The zero-order valence-corrected chi connectivity index (χ0v) is 11.4. The first-order valence-electron chi connectivity index (χ1n) is 5.18. The molecule has 0 amide bonds. The van der Waals surface area contributed by atoms with Crippen LogP contribution in [0.5, 0.6) is 0 Å². The number of anilines is 2. The number of hydrogen-bond acceptors (Lipinski definition) is 4. The second-order valence-electron chi connectivity index (χ2n) is 3.85. The van der Waals surface area contributed by atoms with E-state index >= 15 is 0 Å². The molecule has 0 unspecified atom stereocenters. The molecule has 0 aliphatic rings. The lowest BCUT2D eigenvalue weighted by Crippen LogP contribution is -1.97. The molecule has 0 aliphatic heterocycles. The summed E-state index contributed by atoms with van der Waals surface area (Å²) in [4.78, 5) is 10.5. The van der Waals surface area contributed by atoms with Gasteiger partial charge >= 0.3 is 0 Å². The number of nitrogens with zero attached hydrogens (tertiary/aromatic N) is 3. The molecule has 94 valence electrons. The van der Waals surface area contributed by atoms with Gasteiger partial charge in [-0.2, -0.15) is 5.10 Å². The lowest BCUT2D eigenvalue weighted by atomic mass is 10.2. The Labute approximate surface area is 112 Å². The highest BCUT2D eigenvalue weighted by Crippen LogP contribution is 2.31. The first-order valence-corrected chi connectivity index (χ1v) is 5.98. The molecule has 2 aromatic rings. The average Bonchev–Trinajstić information content (AvgIpc) is 2.57. The molecule has 1 aromatic carbocycles. The first kappa shape index (κ1) is 12.6. The van der Waals surface area contributed by atoms with Gasteiger partial charge in [0.1, 0.15) is 5.69 Å². The molecule has 1 N–H and O–H groups in total. The number of benzene rings is 1. The van der Waals surface area contributed by atoms with Gasteiger partial charge in [-0.05, 0) is 19.1 Å². The molecule has 0 bridgehead atoms. The molecule has 6 nitrogen and oxygen atoms in total. The van der Waals surface area contributed by atoms with E-state index in [1.807, 2.05) is 6.92 Å². The number of hydrogen-bond donors (Lipinski definition) is 1. The predicted molar refractivity (Wildman–Crippen MR) is 72.0 cm³/mol. The first-order chi connectivity index (χ1) is 8.47. The van der Waals surface area contributed by atoms with Crippen molar-refractivity contribution in [3.05, 3.63) is 44.7 Å². The SMILES string of the molecule is Cc1nn(C)cc1Nc1cc(Br)ccc1[N+](=O)[O-]. The van der Waals surface area contributed by atoms with Crippen LogP contribution in [0.15, 0.2) is 28.9 Å². The number of nitro groups is 1. The minimum Gasteiger partial charge on any atom is -0.347 e. The van der Waals surface area contributed by atoms with Crippen molar-refractivity contribution in [1.29, 1.82) is 0 Å². The van der Waals surface area contributed by atoms with Gasteiger partial charge in [0.05, 0.1) is 16.3 Å². The van der Waals surface area contributed by atoms with Crippen molar-refractivity contribution >= 4 is 33.0 Å². The second kappa shape index (κ2) is 4.77. The van der Waals surface area contributed by atoms with E-state index in [4.69, 9.17) is 0 Å². The van der Waals surface area contributed by atoms with Gasteiger partial charge in [-0.25, -0.2) is 0 Å². The van der Waals surface area contributed by atoms with Crippen LogP contribution >= 0.6 is 15.9 Å². The Bertz CT molecular complexity index is 609. The van der Waals surface area contributed by atoms with E-state index in [2.05, 4.69) is 26.3 Å². The summed E-state index contributed by atoms with van der Waals surface area (Å²) >= 11 is 3.30. The summed E-state index contributed by atoms with van der Waals surface area (Å²) in [6.45, 7) is 1.84. The monoisotopic (exact) mass is 310 g/mol. The van der Waals surface area contributed by atoms with Gasteiger partial charge in [-0.15, -0.1) is 0 Å². The van der Waals surface area contributed by atoms with Gasteiger partial charge in [0.15, 0.2) is 0 Å². The number of rotatable bonds is 3. The number of aryl methyl sites for hydroxylation is 2. The van der Waals surface area contributed by atoms with Crippen LogP contribution in [0.25, 0.3) is 0 Å². The van der Waals surface area contributed by atoms with Crippen molar-refractivity contribution in [1.82, 2.24) is 9.78 Å². The number of aromatic nitrogens is 2. The highest BCUT2D eigenvalue weighted by Gasteiger charge is 2.15. The van der Waals surface area contributed by atoms with E-state index in [1.165, 1.54) is 6.07 Å². The molecule has 1 aromatic heterocycles. The van der Waals surface area contributed by atoms with Gasteiger partial charge in [0.25, 0.3) is 5.69 Å². The maximum Gasteiger partial charge on any atom is 0.292 e. The minimum atomic E-state index is -0.416. The summed E-state index contributed by atoms with van der Waals surface area (Å²) < 4.78 is 2.43. The molecule has 7 heteroatoms. The summed E-state index contributed by atoms with van der Waals surface area (Å²) in [6.07, 6.45) is 1.78. The van der Waals surface area contributed by atoms with Crippen LogP contribution < -0.4 is 5.32 Å². The van der Waals surface area contributed by atoms with E-state index in [0.717, 1.165) is 15.9 Å². The molecule has 0 saturated heterocycles. The van der Waals surface area contributed by atoms with Gasteiger partial charge in [-0.3, -0.25) is 14.8 Å². The van der Waals surface area contributed by atoms with Crippen molar-refractivity contribution in [3.63, 3.8) is 0 Å². The normalized spacial score (nSPS) is 10.4. The topological polar surface area (TPSA) is 73.0 Å². The summed E-state index contributed by atoms with van der Waals surface area (Å²) in [5.74, 6) is 0. The molecular formula is C11H11BrN4O2. The van der Waals surface area contributed by atoms with Crippen LogP contribution in [0, 0.1) is 17.0 Å². The fraction of sp³-hybridized carbons (Fsp3) is 0.182. The second-order valence-corrected chi connectivity index (χ2v) is 4.76. The molecule has 1 heterocycles. The molecule has 2 rings (SSSR count). The van der Waals surface area contributed by atoms with Crippen LogP contribution in [0.3, 0.4) is 0 Å². The lowest BCUT2D eigenvalue weighted by molar-refractivity contribution is -0.383. The maximum absolute atomic E-state index is 10.9. The Morgan fingerprint density at radius 3 is 2.72 bits per heavy atom. The van der Waals surface area contributed by atoms with Crippen molar-refractivity contribution in [3.8, 4) is 0 Å². The van der Waals surface area contributed by atoms with E-state index in [1.54, 1.807) is 30.1 Å². The molecule has 0 radical (unpaired) electrons. The number of nitrogens with one attached hydrogen (secondary N) is 1. The molecule has 18 heavy (non-hydrogen) atoms. The summed E-state index contributed by atoms with van der Waals surface area (Å²) in [5, 5.41) is 18.1. The van der Waals surface area contributed by atoms with Gasteiger partial charge in [0.2, 0.25) is 0 Å². The largest absolute Gasteiger partial charge is 0.347 e. The van der Waals surface area contributed by atoms with Crippen LogP contribution in [-0.4, -0.2) is 14.7 Å². The van der Waals surface area contributed by atoms with Crippen LogP contribution in [0.2, 0.25) is 0 Å². The third kappa shape index (κ3) is 2.51. The van der Waals surface area contributed by atoms with Gasteiger partial charge < -0.3 is 5.32 Å². The standard InChI is InChI=1S/C11H11BrN4O2/c1-7-10(6-15(2)14-7)13-9-5-8(12)3-4-11(9)16(17)18/h3-6,13H,1-2H3. The quantitative estimate of drug-likeness (QED) is 0.698. The van der Waals surface area contributed by atoms with Gasteiger partial charge in [-0.1, -0.05) is 15.9 Å². The van der Waals surface area contributed by atoms with Gasteiger partial charge in [0, 0.05) is 23.8 Å². The van der Waals surface area contributed by atoms with Crippen LogP contribution in [0.4, 0.5) is 17.1 Å². The summed E-state index contributed by atoms with van der Waals surface area (Å²) in [5.41, 5.74) is 2.00. The molecular weight excluding hydrogens is 300 g/mol. The fourth-order valence-corrected chi connectivity index (χ4v) is 2.00. The third-order valence-corrected chi connectivity index (χ3v) is 2.93. The Morgan fingerprint density at radius 2 is 2.17 bits per heavy atom. The number of halogens is 1. The summed E-state index contributed by atoms with van der Waals surface area (Å²) in [6, 6.07) is 4.77. The van der Waals surface area contributed by atoms with Crippen molar-refractivity contribution < 1.29 is 4.92 Å². The highest BCUT2D eigenvalue weighted by atomic mass is 79.9. The molecule has 0 fully saturated rings. The predicted octanol–water partition coefficient (Wildman–Crippen LogP) is 3.14. The van der Waals surface area contributed by atoms with E-state index in [0.29, 0.717) is 5.69 Å². The molecule has 0 saturated carbocycles. The zero-order valence-electron chi connectivity index (χ0n) is 9.85. The Kier molecular flexibility index (Phi) is 3.33. The average molecular weight is 311 g/mol. The van der Waals surface area contributed by atoms with Crippen LogP contribution in [0.1, 0.15) is 5.69 Å². The molecule has 0 spiro atoms. The Hall–Kier alpha value is -1.89. The maximum atomic E-state index is 10.9. The van der Waals surface area contributed by atoms with Crippen LogP contribution in [-0.2, 0) is 7.05 Å². The number of nitro benzene ring substituents is 1. The van der Waals surface area contributed by atoms with Crippen molar-refractivity contribution in [2.24, 2.45) is 7.05 Å². The smallest absolute Gasteiger partial charge is 0.292 e. The zero-order chi connectivity index (χ0) is 13.3. The van der Waals surface area contributed by atoms with Crippen molar-refractivity contribution in [2.75, 3.05) is 5.32 Å². The highest BCUT2D eigenvalue weighted by molar-refractivity contribution is 9.10. The van der Waals surface area contributed by atoms with Crippen molar-refractivity contribution in [2.45, 2.75) is 6.92 Å². The minimum absolute atomic E-state index is 0.0291. The van der Waals surface area contributed by atoms with E-state index < -0.39 is 4.92 Å². The Morgan fingerprint density at radius 1 is 1.44 bits per heavy atom.